The van der Waals surface area contributed by atoms with Crippen LogP contribution in [0.15, 0.2) is 83.6 Å². The number of carbonyl (C=O) groups excluding carboxylic acids is 3. The van der Waals surface area contributed by atoms with Gasteiger partial charge in [0.25, 0.3) is 5.91 Å². The highest BCUT2D eigenvalue weighted by molar-refractivity contribution is 9.10. The van der Waals surface area contributed by atoms with Gasteiger partial charge in [0.1, 0.15) is 12.1 Å². The molecule has 1 atom stereocenters. The molecule has 11 heteroatoms. The predicted molar refractivity (Wildman–Crippen MR) is 164 cm³/mol. The Balaban J connectivity index is 0.00000484. The van der Waals surface area contributed by atoms with Gasteiger partial charge in [0, 0.05) is 28.9 Å². The van der Waals surface area contributed by atoms with E-state index in [0.717, 1.165) is 33.8 Å². The minimum Gasteiger partial charge on any atom is -1.00 e. The summed E-state index contributed by atoms with van der Waals surface area (Å²) in [5, 5.41) is 10.6. The van der Waals surface area contributed by atoms with E-state index < -0.39 is 12.3 Å². The molecule has 1 aromatic heterocycles. The number of nitrogens with zero attached hydrogens (tertiary/aromatic N) is 1. The Morgan fingerprint density at radius 3 is 2.52 bits per heavy atom. The van der Waals surface area contributed by atoms with E-state index >= 15 is 0 Å². The zero-order chi connectivity index (χ0) is 29.4. The average Bonchev–Trinajstić information content (AvgIpc) is 2.92. The van der Waals surface area contributed by atoms with Gasteiger partial charge in [0.05, 0.1) is 10.2 Å². The fourth-order valence-corrected chi connectivity index (χ4v) is 5.14. The second kappa shape index (κ2) is 15.5. The first kappa shape index (κ1) is 32.8. The molecule has 42 heavy (non-hydrogen) atoms. The first-order valence-electron chi connectivity index (χ1n) is 13.3. The average molecular weight is 674 g/mol. The molecule has 0 aliphatic carbocycles. The van der Waals surface area contributed by atoms with Gasteiger partial charge in [-0.05, 0) is 64.5 Å². The molecular formula is C31H31BrCl2N4O4. The molecule has 0 fully saturated rings. The standard InChI is InChI=1S/C31H30BrClN4O4.ClH/c1-3-15-37-18-23(16-24(32)19-37)30(39)35-25-13-11-22(27(33)17-25)12-14-29(38)34-20(2)41-31(40)36-28-10-6-8-21-7-4-5-9-26(21)28;/h4-11,13,16-20H,3,12,14-15H2,1-2H3,(H2-,34,35,36,38,39,40);1H. The lowest BCUT2D eigenvalue weighted by molar-refractivity contribution is -0.697. The number of aryl methyl sites for hydroxylation is 2. The van der Waals surface area contributed by atoms with Gasteiger partial charge >= 0.3 is 6.09 Å². The van der Waals surface area contributed by atoms with Gasteiger partial charge in [0.15, 0.2) is 18.6 Å². The van der Waals surface area contributed by atoms with Gasteiger partial charge in [-0.25, -0.2) is 9.36 Å². The lowest BCUT2D eigenvalue weighted by Gasteiger charge is -2.16. The smallest absolute Gasteiger partial charge is 0.413 e. The summed E-state index contributed by atoms with van der Waals surface area (Å²) in [6.07, 6.45) is 3.68. The van der Waals surface area contributed by atoms with Gasteiger partial charge < -0.3 is 27.8 Å². The number of hydrogen-bond acceptors (Lipinski definition) is 4. The molecule has 3 aromatic carbocycles. The second-order valence-corrected chi connectivity index (χ2v) is 10.8. The van der Waals surface area contributed by atoms with E-state index in [2.05, 4.69) is 38.8 Å². The Bertz CT molecular complexity index is 1580. The van der Waals surface area contributed by atoms with E-state index in [9.17, 15) is 14.4 Å². The summed E-state index contributed by atoms with van der Waals surface area (Å²) in [7, 11) is 0. The van der Waals surface area contributed by atoms with Crippen LogP contribution in [0, 0.1) is 0 Å². The summed E-state index contributed by atoms with van der Waals surface area (Å²) < 4.78 is 8.09. The van der Waals surface area contributed by atoms with Crippen molar-refractivity contribution in [2.24, 2.45) is 0 Å². The van der Waals surface area contributed by atoms with Gasteiger partial charge in [0.2, 0.25) is 5.91 Å². The summed E-state index contributed by atoms with van der Waals surface area (Å²) in [5.74, 6) is -0.545. The van der Waals surface area contributed by atoms with Crippen LogP contribution in [0.1, 0.15) is 42.6 Å². The van der Waals surface area contributed by atoms with Crippen LogP contribution in [0.25, 0.3) is 10.8 Å². The maximum Gasteiger partial charge on any atom is 0.413 e. The number of aromatic nitrogens is 1. The maximum absolute atomic E-state index is 12.8. The maximum atomic E-state index is 12.8. The van der Waals surface area contributed by atoms with Crippen molar-refractivity contribution in [2.75, 3.05) is 10.6 Å². The molecule has 1 unspecified atom stereocenters. The monoisotopic (exact) mass is 672 g/mol. The van der Waals surface area contributed by atoms with Crippen molar-refractivity contribution in [1.29, 1.82) is 0 Å². The quantitative estimate of drug-likeness (QED) is 0.176. The highest BCUT2D eigenvalue weighted by Gasteiger charge is 2.16. The summed E-state index contributed by atoms with van der Waals surface area (Å²) in [6.45, 7) is 4.46. The van der Waals surface area contributed by atoms with E-state index in [0.29, 0.717) is 28.4 Å². The molecular weight excluding hydrogens is 643 g/mol. The third-order valence-corrected chi connectivity index (χ3v) is 7.02. The van der Waals surface area contributed by atoms with Gasteiger partial charge in [-0.1, -0.05) is 61.0 Å². The number of benzene rings is 3. The molecule has 0 saturated heterocycles. The topological polar surface area (TPSA) is 100 Å². The third-order valence-electron chi connectivity index (χ3n) is 6.24. The summed E-state index contributed by atoms with van der Waals surface area (Å²) in [5.41, 5.74) is 2.45. The molecule has 0 radical (unpaired) electrons. The molecule has 8 nitrogen and oxygen atoms in total. The van der Waals surface area contributed by atoms with Crippen molar-refractivity contribution >= 4 is 67.6 Å². The van der Waals surface area contributed by atoms with Crippen LogP contribution in [-0.2, 0) is 22.5 Å². The van der Waals surface area contributed by atoms with Crippen LogP contribution >= 0.6 is 27.5 Å². The number of pyridine rings is 1. The number of nitrogens with one attached hydrogen (secondary N) is 3. The Morgan fingerprint density at radius 1 is 1.00 bits per heavy atom. The van der Waals surface area contributed by atoms with Crippen molar-refractivity contribution in [1.82, 2.24) is 5.32 Å². The van der Waals surface area contributed by atoms with Gasteiger partial charge in [-0.2, -0.15) is 0 Å². The van der Waals surface area contributed by atoms with E-state index in [4.69, 9.17) is 16.3 Å². The van der Waals surface area contributed by atoms with Crippen LogP contribution in [0.2, 0.25) is 5.02 Å². The summed E-state index contributed by atoms with van der Waals surface area (Å²) >= 11 is 9.91. The van der Waals surface area contributed by atoms with E-state index in [-0.39, 0.29) is 30.6 Å². The SMILES string of the molecule is CCC[n+]1cc(Br)cc(C(=O)Nc2ccc(CCC(=O)NC(C)OC(=O)Nc3cccc4ccccc34)c(Cl)c2)c1.[Cl-]. The molecule has 0 aliphatic rings. The van der Waals surface area contributed by atoms with Crippen LogP contribution in [0.5, 0.6) is 0 Å². The Kier molecular flexibility index (Phi) is 12.2. The zero-order valence-corrected chi connectivity index (χ0v) is 26.2. The number of halogens is 3. The molecule has 0 aliphatic heterocycles. The van der Waals surface area contributed by atoms with Crippen molar-refractivity contribution in [3.8, 4) is 0 Å². The number of carbonyl (C=O) groups is 3. The molecule has 4 rings (SSSR count). The van der Waals surface area contributed by atoms with Crippen LogP contribution in [0.4, 0.5) is 16.2 Å². The minimum absolute atomic E-state index is 0. The van der Waals surface area contributed by atoms with E-state index in [1.54, 1.807) is 43.5 Å². The highest BCUT2D eigenvalue weighted by Crippen LogP contribution is 2.24. The highest BCUT2D eigenvalue weighted by atomic mass is 79.9. The molecule has 0 saturated carbocycles. The molecule has 3 N–H and O–H groups in total. The fraction of sp³-hybridized carbons (Fsp3) is 0.226. The zero-order valence-electron chi connectivity index (χ0n) is 23.1. The second-order valence-electron chi connectivity index (χ2n) is 9.51. The minimum atomic E-state index is -0.834. The first-order valence-corrected chi connectivity index (χ1v) is 14.4. The molecule has 220 valence electrons. The number of anilines is 2. The third kappa shape index (κ3) is 9.17. The Hall–Kier alpha value is -3.66. The fourth-order valence-electron chi connectivity index (χ4n) is 4.35. The predicted octanol–water partition coefficient (Wildman–Crippen LogP) is 3.85. The van der Waals surface area contributed by atoms with Crippen molar-refractivity contribution < 1.29 is 36.1 Å². The number of hydrogen-bond donors (Lipinski definition) is 3. The lowest BCUT2D eigenvalue weighted by Crippen LogP contribution is -3.00. The molecule has 1 heterocycles. The van der Waals surface area contributed by atoms with Crippen LogP contribution < -0.4 is 32.9 Å². The van der Waals surface area contributed by atoms with E-state index in [1.807, 2.05) is 47.2 Å². The van der Waals surface area contributed by atoms with E-state index in [1.165, 1.54) is 0 Å². The van der Waals surface area contributed by atoms with Gasteiger partial charge in [-0.3, -0.25) is 14.9 Å². The number of amides is 3. The van der Waals surface area contributed by atoms with Crippen molar-refractivity contribution in [3.05, 3.63) is 99.7 Å². The summed E-state index contributed by atoms with van der Waals surface area (Å²) in [4.78, 5) is 37.7. The normalized spacial score (nSPS) is 11.2. The van der Waals surface area contributed by atoms with Gasteiger partial charge in [-0.15, -0.1) is 0 Å². The largest absolute Gasteiger partial charge is 1.00 e. The Labute approximate surface area is 264 Å². The molecule has 0 bridgehead atoms. The molecule has 4 aromatic rings. The van der Waals surface area contributed by atoms with Crippen molar-refractivity contribution in [2.45, 2.75) is 45.9 Å². The van der Waals surface area contributed by atoms with Crippen molar-refractivity contribution in [3.63, 3.8) is 0 Å². The Morgan fingerprint density at radius 2 is 1.76 bits per heavy atom. The van der Waals surface area contributed by atoms with Crippen LogP contribution in [0.3, 0.4) is 0 Å². The molecule has 3 amide bonds. The lowest BCUT2D eigenvalue weighted by atomic mass is 10.1. The van der Waals surface area contributed by atoms with Crippen LogP contribution in [-0.4, -0.2) is 24.1 Å². The number of rotatable bonds is 10. The first-order chi connectivity index (χ1) is 19.7. The molecule has 0 spiro atoms. The summed E-state index contributed by atoms with van der Waals surface area (Å²) in [6, 6.07) is 20.2. The number of ether oxygens (including phenoxy) is 1. The number of fused-ring (bicyclic) bond motifs is 1.